The van der Waals surface area contributed by atoms with Gasteiger partial charge in [0.2, 0.25) is 0 Å². The number of carbonyl (C=O) groups is 1. The summed E-state index contributed by atoms with van der Waals surface area (Å²) in [7, 11) is 0. The molecular formula is C18H26O2. The normalized spacial score (nSPS) is 12.6. The van der Waals surface area contributed by atoms with Crippen molar-refractivity contribution in [3.63, 3.8) is 0 Å². The first-order valence-corrected chi connectivity index (χ1v) is 7.57. The van der Waals surface area contributed by atoms with Crippen molar-refractivity contribution in [2.24, 2.45) is 5.92 Å². The number of unbranched alkanes of at least 4 members (excludes halogenated alkanes) is 1. The fraction of sp³-hybridized carbons (Fsp3) is 0.500. The van der Waals surface area contributed by atoms with E-state index >= 15 is 0 Å². The number of ether oxygens (including phenoxy) is 1. The summed E-state index contributed by atoms with van der Waals surface area (Å²) in [6, 6.07) is 8.05. The van der Waals surface area contributed by atoms with E-state index in [1.165, 1.54) is 24.5 Å². The highest BCUT2D eigenvalue weighted by molar-refractivity contribution is 5.87. The van der Waals surface area contributed by atoms with Crippen molar-refractivity contribution < 1.29 is 9.53 Å². The number of rotatable bonds is 8. The van der Waals surface area contributed by atoms with Crippen LogP contribution >= 0.6 is 0 Å². The monoisotopic (exact) mass is 274 g/mol. The molecule has 1 aromatic carbocycles. The Labute approximate surface area is 122 Å². The molecule has 0 aliphatic heterocycles. The van der Waals surface area contributed by atoms with Crippen molar-refractivity contribution in [2.45, 2.75) is 46.5 Å². The Morgan fingerprint density at radius 2 is 1.95 bits per heavy atom. The third-order valence-electron chi connectivity index (χ3n) is 3.49. The molecule has 1 atom stereocenters. The molecule has 0 aromatic heterocycles. The van der Waals surface area contributed by atoms with Crippen molar-refractivity contribution in [2.75, 3.05) is 6.61 Å². The molecule has 0 aliphatic rings. The SMILES string of the molecule is CCCCC(CC)COC(=O)C=Cc1ccc(C)cc1. The van der Waals surface area contributed by atoms with Crippen LogP contribution in [0.2, 0.25) is 0 Å². The highest BCUT2D eigenvalue weighted by atomic mass is 16.5. The highest BCUT2D eigenvalue weighted by Crippen LogP contribution is 2.13. The molecule has 0 spiro atoms. The average molecular weight is 274 g/mol. The molecule has 110 valence electrons. The summed E-state index contributed by atoms with van der Waals surface area (Å²) in [6.07, 6.45) is 7.91. The van der Waals surface area contributed by atoms with Gasteiger partial charge in [-0.05, 0) is 30.9 Å². The lowest BCUT2D eigenvalue weighted by Gasteiger charge is -2.13. The van der Waals surface area contributed by atoms with Crippen LogP contribution in [-0.2, 0) is 9.53 Å². The van der Waals surface area contributed by atoms with E-state index in [0.717, 1.165) is 18.4 Å². The van der Waals surface area contributed by atoms with Crippen molar-refractivity contribution in [3.8, 4) is 0 Å². The summed E-state index contributed by atoms with van der Waals surface area (Å²) in [5.41, 5.74) is 2.23. The molecule has 0 aliphatic carbocycles. The summed E-state index contributed by atoms with van der Waals surface area (Å²) >= 11 is 0. The number of hydrogen-bond acceptors (Lipinski definition) is 2. The summed E-state index contributed by atoms with van der Waals surface area (Å²) < 4.78 is 5.31. The lowest BCUT2D eigenvalue weighted by atomic mass is 10.0. The molecule has 1 aromatic rings. The van der Waals surface area contributed by atoms with Gasteiger partial charge in [0.25, 0.3) is 0 Å². The summed E-state index contributed by atoms with van der Waals surface area (Å²) in [5, 5.41) is 0. The average Bonchev–Trinajstić information content (AvgIpc) is 2.47. The second-order valence-electron chi connectivity index (χ2n) is 5.29. The molecule has 0 N–H and O–H groups in total. The van der Waals surface area contributed by atoms with Crippen molar-refractivity contribution >= 4 is 12.0 Å². The lowest BCUT2D eigenvalue weighted by Crippen LogP contribution is -2.12. The summed E-state index contributed by atoms with van der Waals surface area (Å²) in [4.78, 5) is 11.7. The predicted octanol–water partition coefficient (Wildman–Crippen LogP) is 4.77. The first-order valence-electron chi connectivity index (χ1n) is 7.57. The van der Waals surface area contributed by atoms with E-state index in [1.807, 2.05) is 31.2 Å². The van der Waals surface area contributed by atoms with Gasteiger partial charge in [-0.1, -0.05) is 62.9 Å². The van der Waals surface area contributed by atoms with Gasteiger partial charge in [-0.15, -0.1) is 0 Å². The van der Waals surface area contributed by atoms with Gasteiger partial charge in [0.15, 0.2) is 0 Å². The highest BCUT2D eigenvalue weighted by Gasteiger charge is 2.08. The Morgan fingerprint density at radius 1 is 1.25 bits per heavy atom. The molecule has 0 saturated carbocycles. The summed E-state index contributed by atoms with van der Waals surface area (Å²) in [5.74, 6) is 0.243. The molecule has 2 nitrogen and oxygen atoms in total. The topological polar surface area (TPSA) is 26.3 Å². The number of benzene rings is 1. The zero-order chi connectivity index (χ0) is 14.8. The van der Waals surface area contributed by atoms with Gasteiger partial charge in [-0.2, -0.15) is 0 Å². The quantitative estimate of drug-likeness (QED) is 0.504. The van der Waals surface area contributed by atoms with Crippen LogP contribution in [-0.4, -0.2) is 12.6 Å². The molecule has 0 saturated heterocycles. The minimum Gasteiger partial charge on any atom is -0.462 e. The molecule has 0 heterocycles. The van der Waals surface area contributed by atoms with Crippen LogP contribution in [0.15, 0.2) is 30.3 Å². The largest absolute Gasteiger partial charge is 0.462 e. The second-order valence-corrected chi connectivity index (χ2v) is 5.29. The Bertz CT molecular complexity index is 418. The van der Waals surface area contributed by atoms with E-state index in [1.54, 1.807) is 6.08 Å². The van der Waals surface area contributed by atoms with Crippen LogP contribution in [0.1, 0.15) is 50.7 Å². The van der Waals surface area contributed by atoms with Crippen LogP contribution in [0.25, 0.3) is 6.08 Å². The fourth-order valence-corrected chi connectivity index (χ4v) is 1.99. The Morgan fingerprint density at radius 3 is 2.55 bits per heavy atom. The van der Waals surface area contributed by atoms with Gasteiger partial charge in [0.1, 0.15) is 0 Å². The van der Waals surface area contributed by atoms with Gasteiger partial charge < -0.3 is 4.74 Å². The van der Waals surface area contributed by atoms with Crippen LogP contribution in [0.4, 0.5) is 0 Å². The predicted molar refractivity (Wildman–Crippen MR) is 84.5 cm³/mol. The summed E-state index contributed by atoms with van der Waals surface area (Å²) in [6.45, 7) is 6.91. The van der Waals surface area contributed by atoms with Crippen molar-refractivity contribution in [1.29, 1.82) is 0 Å². The number of esters is 1. The van der Waals surface area contributed by atoms with Crippen LogP contribution in [0, 0.1) is 12.8 Å². The number of aryl methyl sites for hydroxylation is 1. The Balaban J connectivity index is 2.37. The molecular weight excluding hydrogens is 248 g/mol. The smallest absolute Gasteiger partial charge is 0.330 e. The molecule has 0 fully saturated rings. The maximum atomic E-state index is 11.7. The number of hydrogen-bond donors (Lipinski definition) is 0. The van der Waals surface area contributed by atoms with E-state index in [2.05, 4.69) is 13.8 Å². The zero-order valence-electron chi connectivity index (χ0n) is 12.9. The fourth-order valence-electron chi connectivity index (χ4n) is 1.99. The van der Waals surface area contributed by atoms with E-state index in [-0.39, 0.29) is 5.97 Å². The van der Waals surface area contributed by atoms with Gasteiger partial charge in [0.05, 0.1) is 6.61 Å². The molecule has 1 unspecified atom stereocenters. The van der Waals surface area contributed by atoms with Gasteiger partial charge >= 0.3 is 5.97 Å². The third-order valence-corrected chi connectivity index (χ3v) is 3.49. The number of carbonyl (C=O) groups excluding carboxylic acids is 1. The molecule has 20 heavy (non-hydrogen) atoms. The van der Waals surface area contributed by atoms with Gasteiger partial charge in [0, 0.05) is 6.08 Å². The van der Waals surface area contributed by atoms with E-state index in [9.17, 15) is 4.79 Å². The van der Waals surface area contributed by atoms with Crippen LogP contribution in [0.5, 0.6) is 0 Å². The van der Waals surface area contributed by atoms with Gasteiger partial charge in [-0.3, -0.25) is 0 Å². The van der Waals surface area contributed by atoms with E-state index < -0.39 is 0 Å². The van der Waals surface area contributed by atoms with Crippen LogP contribution in [0.3, 0.4) is 0 Å². The Kier molecular flexibility index (Phi) is 7.71. The van der Waals surface area contributed by atoms with Crippen molar-refractivity contribution in [1.82, 2.24) is 0 Å². The first kappa shape index (κ1) is 16.5. The van der Waals surface area contributed by atoms with Gasteiger partial charge in [-0.25, -0.2) is 4.79 Å². The zero-order valence-corrected chi connectivity index (χ0v) is 12.9. The maximum absolute atomic E-state index is 11.7. The minimum atomic E-state index is -0.250. The molecule has 2 heteroatoms. The Hall–Kier alpha value is -1.57. The standard InChI is InChI=1S/C18H26O2/c1-4-6-7-16(5-2)14-20-18(19)13-12-17-10-8-15(3)9-11-17/h8-13,16H,4-7,14H2,1-3H3. The maximum Gasteiger partial charge on any atom is 0.330 e. The third kappa shape index (κ3) is 6.55. The lowest BCUT2D eigenvalue weighted by molar-refractivity contribution is -0.139. The molecule has 0 amide bonds. The van der Waals surface area contributed by atoms with E-state index in [0.29, 0.717) is 12.5 Å². The first-order chi connectivity index (χ1) is 9.65. The van der Waals surface area contributed by atoms with Crippen LogP contribution < -0.4 is 0 Å². The molecule has 1 rings (SSSR count). The molecule has 0 radical (unpaired) electrons. The van der Waals surface area contributed by atoms with E-state index in [4.69, 9.17) is 4.74 Å². The second kappa shape index (κ2) is 9.35. The molecule has 0 bridgehead atoms. The van der Waals surface area contributed by atoms with Crippen molar-refractivity contribution in [3.05, 3.63) is 41.5 Å². The minimum absolute atomic E-state index is 0.250.